The number of alkyl halides is 1. The summed E-state index contributed by atoms with van der Waals surface area (Å²) in [7, 11) is 1.70. The Morgan fingerprint density at radius 3 is 2.53 bits per heavy atom. The molecule has 0 aliphatic carbocycles. The summed E-state index contributed by atoms with van der Waals surface area (Å²) >= 11 is 3.19. The first-order valence-electron chi connectivity index (χ1n) is 5.48. The third-order valence-corrected chi connectivity index (χ3v) is 3.68. The lowest BCUT2D eigenvalue weighted by atomic mass is 10.1. The van der Waals surface area contributed by atoms with Gasteiger partial charge in [0.2, 0.25) is 0 Å². The molecule has 1 aliphatic heterocycles. The molecule has 1 unspecified atom stereocenters. The summed E-state index contributed by atoms with van der Waals surface area (Å²) in [4.78, 5) is 1.63. The topological polar surface area (TPSA) is 12.5 Å². The van der Waals surface area contributed by atoms with Gasteiger partial charge < -0.3 is 9.64 Å². The molecule has 94 valence electrons. The fourth-order valence-electron chi connectivity index (χ4n) is 2.04. The van der Waals surface area contributed by atoms with Crippen LogP contribution in [-0.4, -0.2) is 26.3 Å². The van der Waals surface area contributed by atoms with E-state index in [4.69, 9.17) is 4.74 Å². The molecule has 1 aromatic carbocycles. The normalized spacial score (nSPS) is 19.6. The van der Waals surface area contributed by atoms with Crippen molar-refractivity contribution in [3.8, 4) is 0 Å². The van der Waals surface area contributed by atoms with Crippen LogP contribution in [-0.2, 0) is 10.1 Å². The molecule has 0 spiro atoms. The Hall–Kier alpha value is -0.680. The molecule has 1 atom stereocenters. The molecule has 1 aliphatic rings. The first-order valence-corrected chi connectivity index (χ1v) is 6.60. The standard InChI is InChI=1S/C12H14BrF2NO/c1-16(9-2-3-17-7-9)12-10(14)4-8(6-13)5-11(12)15/h4-5,9H,2-3,6-7H2,1H3. The largest absolute Gasteiger partial charge is 0.379 e. The Kier molecular flexibility index (Phi) is 3.99. The van der Waals surface area contributed by atoms with Crippen LogP contribution < -0.4 is 4.90 Å². The van der Waals surface area contributed by atoms with Crippen LogP contribution in [0.15, 0.2) is 12.1 Å². The molecular formula is C12H14BrF2NO. The van der Waals surface area contributed by atoms with Crippen LogP contribution >= 0.6 is 15.9 Å². The lowest BCUT2D eigenvalue weighted by Crippen LogP contribution is -2.33. The second kappa shape index (κ2) is 5.31. The van der Waals surface area contributed by atoms with E-state index in [0.717, 1.165) is 6.42 Å². The lowest BCUT2D eigenvalue weighted by molar-refractivity contribution is 0.193. The maximum Gasteiger partial charge on any atom is 0.149 e. The van der Waals surface area contributed by atoms with Gasteiger partial charge in [0.1, 0.15) is 17.3 Å². The summed E-state index contributed by atoms with van der Waals surface area (Å²) in [5, 5.41) is 0.442. The van der Waals surface area contributed by atoms with E-state index >= 15 is 0 Å². The van der Waals surface area contributed by atoms with Gasteiger partial charge in [-0.25, -0.2) is 8.78 Å². The second-order valence-corrected chi connectivity index (χ2v) is 4.73. The summed E-state index contributed by atoms with van der Waals surface area (Å²) in [6.45, 7) is 1.17. The van der Waals surface area contributed by atoms with Gasteiger partial charge in [0.25, 0.3) is 0 Å². The molecule has 0 aromatic heterocycles. The maximum absolute atomic E-state index is 13.9. The molecule has 1 aromatic rings. The van der Waals surface area contributed by atoms with Crippen molar-refractivity contribution < 1.29 is 13.5 Å². The number of hydrogen-bond donors (Lipinski definition) is 0. The minimum atomic E-state index is -0.520. The van der Waals surface area contributed by atoms with Crippen molar-refractivity contribution in [1.29, 1.82) is 0 Å². The summed E-state index contributed by atoms with van der Waals surface area (Å²) in [5.41, 5.74) is 0.630. The second-order valence-electron chi connectivity index (χ2n) is 4.17. The van der Waals surface area contributed by atoms with E-state index in [1.165, 1.54) is 12.1 Å². The quantitative estimate of drug-likeness (QED) is 0.796. The van der Waals surface area contributed by atoms with Gasteiger partial charge in [0.15, 0.2) is 0 Å². The van der Waals surface area contributed by atoms with Crippen LogP contribution in [0, 0.1) is 11.6 Å². The number of rotatable bonds is 3. The van der Waals surface area contributed by atoms with Crippen LogP contribution in [0.5, 0.6) is 0 Å². The van der Waals surface area contributed by atoms with E-state index in [0.29, 0.717) is 24.1 Å². The van der Waals surface area contributed by atoms with E-state index in [-0.39, 0.29) is 11.7 Å². The minimum Gasteiger partial charge on any atom is -0.379 e. The fourth-order valence-corrected chi connectivity index (χ4v) is 2.37. The van der Waals surface area contributed by atoms with Gasteiger partial charge in [-0.2, -0.15) is 0 Å². The smallest absolute Gasteiger partial charge is 0.149 e. The highest BCUT2D eigenvalue weighted by molar-refractivity contribution is 9.08. The zero-order valence-corrected chi connectivity index (χ0v) is 11.1. The van der Waals surface area contributed by atoms with Gasteiger partial charge in [-0.05, 0) is 24.1 Å². The van der Waals surface area contributed by atoms with Crippen LogP contribution in [0.25, 0.3) is 0 Å². The van der Waals surface area contributed by atoms with Crippen LogP contribution in [0.4, 0.5) is 14.5 Å². The Labute approximate surface area is 108 Å². The van der Waals surface area contributed by atoms with Crippen molar-refractivity contribution in [1.82, 2.24) is 0 Å². The highest BCUT2D eigenvalue weighted by Gasteiger charge is 2.25. The predicted octanol–water partition coefficient (Wildman–Crippen LogP) is 3.08. The molecule has 0 amide bonds. The number of ether oxygens (including phenoxy) is 1. The number of nitrogens with zero attached hydrogens (tertiary/aromatic N) is 1. The Morgan fingerprint density at radius 2 is 2.06 bits per heavy atom. The Balaban J connectivity index is 2.30. The molecule has 1 heterocycles. The van der Waals surface area contributed by atoms with Gasteiger partial charge in [0.05, 0.1) is 12.6 Å². The molecule has 0 bridgehead atoms. The molecule has 0 N–H and O–H groups in total. The van der Waals surface area contributed by atoms with Crippen LogP contribution in [0.1, 0.15) is 12.0 Å². The van der Waals surface area contributed by atoms with Crippen LogP contribution in [0.3, 0.4) is 0 Å². The van der Waals surface area contributed by atoms with Crippen molar-refractivity contribution in [2.45, 2.75) is 17.8 Å². The first kappa shape index (κ1) is 12.8. The maximum atomic E-state index is 13.9. The zero-order valence-electron chi connectivity index (χ0n) is 9.55. The summed E-state index contributed by atoms with van der Waals surface area (Å²) in [5.74, 6) is -1.04. The molecule has 5 heteroatoms. The van der Waals surface area contributed by atoms with Gasteiger partial charge in [-0.1, -0.05) is 15.9 Å². The van der Waals surface area contributed by atoms with E-state index in [2.05, 4.69) is 15.9 Å². The molecule has 2 nitrogen and oxygen atoms in total. The highest BCUT2D eigenvalue weighted by Crippen LogP contribution is 2.28. The third-order valence-electron chi connectivity index (χ3n) is 3.04. The van der Waals surface area contributed by atoms with Crippen molar-refractivity contribution >= 4 is 21.6 Å². The van der Waals surface area contributed by atoms with E-state index in [9.17, 15) is 8.78 Å². The lowest BCUT2D eigenvalue weighted by Gasteiger charge is -2.26. The molecule has 0 radical (unpaired) electrons. The van der Waals surface area contributed by atoms with Crippen molar-refractivity contribution in [3.05, 3.63) is 29.3 Å². The Morgan fingerprint density at radius 1 is 1.41 bits per heavy atom. The van der Waals surface area contributed by atoms with Gasteiger partial charge in [0, 0.05) is 19.0 Å². The molecule has 17 heavy (non-hydrogen) atoms. The highest BCUT2D eigenvalue weighted by atomic mass is 79.9. The van der Waals surface area contributed by atoms with Crippen molar-refractivity contribution in [3.63, 3.8) is 0 Å². The summed E-state index contributed by atoms with van der Waals surface area (Å²) < 4.78 is 32.9. The van der Waals surface area contributed by atoms with E-state index in [1.807, 2.05) is 0 Å². The van der Waals surface area contributed by atoms with E-state index < -0.39 is 11.6 Å². The minimum absolute atomic E-state index is 0.0326. The summed E-state index contributed by atoms with van der Waals surface area (Å²) in [6.07, 6.45) is 0.801. The van der Waals surface area contributed by atoms with Crippen molar-refractivity contribution in [2.75, 3.05) is 25.2 Å². The van der Waals surface area contributed by atoms with Crippen molar-refractivity contribution in [2.24, 2.45) is 0 Å². The number of halogens is 3. The summed E-state index contributed by atoms with van der Waals surface area (Å²) in [6, 6.07) is 2.77. The molecule has 1 saturated heterocycles. The third kappa shape index (κ3) is 2.60. The monoisotopic (exact) mass is 305 g/mol. The average molecular weight is 306 g/mol. The number of benzene rings is 1. The first-order chi connectivity index (χ1) is 8.13. The zero-order chi connectivity index (χ0) is 12.4. The SMILES string of the molecule is CN(c1c(F)cc(CBr)cc1F)C1CCOC1. The number of anilines is 1. The van der Waals surface area contributed by atoms with Crippen LogP contribution in [0.2, 0.25) is 0 Å². The van der Waals surface area contributed by atoms with Gasteiger partial charge in [-0.3, -0.25) is 0 Å². The van der Waals surface area contributed by atoms with Gasteiger partial charge >= 0.3 is 0 Å². The molecule has 1 fully saturated rings. The molecule has 0 saturated carbocycles. The predicted molar refractivity (Wildman–Crippen MR) is 66.6 cm³/mol. The number of likely N-dealkylation sites (N-methyl/N-ethyl adjacent to an activating group) is 1. The average Bonchev–Trinajstić information content (AvgIpc) is 2.81. The fraction of sp³-hybridized carbons (Fsp3) is 0.500. The van der Waals surface area contributed by atoms with Gasteiger partial charge in [-0.15, -0.1) is 0 Å². The molecule has 2 rings (SSSR count). The number of hydrogen-bond acceptors (Lipinski definition) is 2. The van der Waals surface area contributed by atoms with E-state index in [1.54, 1.807) is 11.9 Å². The molecular weight excluding hydrogens is 292 g/mol. The Bertz CT molecular complexity index is 384.